The molecule has 0 spiro atoms. The predicted molar refractivity (Wildman–Crippen MR) is 89.5 cm³/mol. The molecule has 1 fully saturated rings. The Bertz CT molecular complexity index is 747. The second-order valence-corrected chi connectivity index (χ2v) is 7.21. The number of fused-ring (bicyclic) bond motifs is 1. The zero-order valence-electron chi connectivity index (χ0n) is 13.0. The topological polar surface area (TPSA) is 95.6 Å². The van der Waals surface area contributed by atoms with Gasteiger partial charge in [-0.1, -0.05) is 22.0 Å². The SMILES string of the molecule is CC(Br)C(=O)Nc1cccc2c1CN(C1CCC(=O)NC1=O)C2=O. The Kier molecular flexibility index (Phi) is 4.40. The van der Waals surface area contributed by atoms with E-state index in [9.17, 15) is 19.2 Å². The second kappa shape index (κ2) is 6.35. The Labute approximate surface area is 146 Å². The van der Waals surface area contributed by atoms with Gasteiger partial charge in [-0.3, -0.25) is 24.5 Å². The Hall–Kier alpha value is -2.22. The summed E-state index contributed by atoms with van der Waals surface area (Å²) in [6.45, 7) is 1.94. The summed E-state index contributed by atoms with van der Waals surface area (Å²) in [6.07, 6.45) is 0.520. The number of anilines is 1. The molecule has 0 radical (unpaired) electrons. The summed E-state index contributed by atoms with van der Waals surface area (Å²) in [5.41, 5.74) is 1.72. The lowest BCUT2D eigenvalue weighted by atomic mass is 10.0. The first kappa shape index (κ1) is 16.6. The molecule has 0 aromatic heterocycles. The van der Waals surface area contributed by atoms with Crippen LogP contribution in [0.3, 0.4) is 0 Å². The van der Waals surface area contributed by atoms with Crippen molar-refractivity contribution in [1.29, 1.82) is 0 Å². The average Bonchev–Trinajstić information content (AvgIpc) is 2.85. The lowest BCUT2D eigenvalue weighted by molar-refractivity contribution is -0.137. The number of benzene rings is 1. The minimum Gasteiger partial charge on any atom is -0.325 e. The molecule has 0 aliphatic carbocycles. The number of piperidine rings is 1. The second-order valence-electron chi connectivity index (χ2n) is 5.84. The smallest absolute Gasteiger partial charge is 0.255 e. The molecule has 2 atom stereocenters. The Balaban J connectivity index is 1.86. The maximum Gasteiger partial charge on any atom is 0.255 e. The molecule has 2 aliphatic rings. The maximum absolute atomic E-state index is 12.6. The van der Waals surface area contributed by atoms with E-state index >= 15 is 0 Å². The van der Waals surface area contributed by atoms with Gasteiger partial charge in [-0.05, 0) is 25.5 Å². The van der Waals surface area contributed by atoms with Crippen LogP contribution in [-0.4, -0.2) is 39.4 Å². The standard InChI is InChI=1S/C16H16BrN3O4/c1-8(17)14(22)18-11-4-2-3-9-10(11)7-20(16(9)24)12-5-6-13(21)19-15(12)23/h2-4,8,12H,5-7H2,1H3,(H,18,22)(H,19,21,23). The van der Waals surface area contributed by atoms with Gasteiger partial charge in [0.15, 0.2) is 0 Å². The number of carbonyl (C=O) groups is 4. The Morgan fingerprint density at radius 1 is 1.38 bits per heavy atom. The van der Waals surface area contributed by atoms with E-state index in [4.69, 9.17) is 0 Å². The van der Waals surface area contributed by atoms with E-state index in [2.05, 4.69) is 26.6 Å². The third-order valence-corrected chi connectivity index (χ3v) is 4.62. The van der Waals surface area contributed by atoms with Crippen LogP contribution in [0, 0.1) is 0 Å². The quantitative estimate of drug-likeness (QED) is 0.594. The number of hydrogen-bond donors (Lipinski definition) is 2. The zero-order valence-corrected chi connectivity index (χ0v) is 14.6. The van der Waals surface area contributed by atoms with Crippen molar-refractivity contribution in [2.24, 2.45) is 0 Å². The van der Waals surface area contributed by atoms with Crippen molar-refractivity contribution in [2.45, 2.75) is 37.2 Å². The van der Waals surface area contributed by atoms with Crippen LogP contribution < -0.4 is 10.6 Å². The van der Waals surface area contributed by atoms with E-state index in [0.29, 0.717) is 23.2 Å². The Morgan fingerprint density at radius 2 is 2.12 bits per heavy atom. The lowest BCUT2D eigenvalue weighted by Gasteiger charge is -2.29. The molecule has 0 saturated carbocycles. The van der Waals surface area contributed by atoms with Crippen LogP contribution in [0.1, 0.15) is 35.7 Å². The van der Waals surface area contributed by atoms with Gasteiger partial charge in [0, 0.05) is 29.8 Å². The molecular weight excluding hydrogens is 378 g/mol. The van der Waals surface area contributed by atoms with Gasteiger partial charge >= 0.3 is 0 Å². The van der Waals surface area contributed by atoms with Crippen LogP contribution in [0.15, 0.2) is 18.2 Å². The number of hydrogen-bond acceptors (Lipinski definition) is 4. The molecule has 2 N–H and O–H groups in total. The summed E-state index contributed by atoms with van der Waals surface area (Å²) >= 11 is 3.20. The molecule has 1 aromatic rings. The van der Waals surface area contributed by atoms with Crippen LogP contribution in [0.4, 0.5) is 5.69 Å². The number of amides is 4. The summed E-state index contributed by atoms with van der Waals surface area (Å²) in [6, 6.07) is 4.44. The van der Waals surface area contributed by atoms with E-state index < -0.39 is 11.9 Å². The molecule has 2 unspecified atom stereocenters. The number of imide groups is 1. The molecular formula is C16H16BrN3O4. The first-order valence-corrected chi connectivity index (χ1v) is 8.51. The minimum atomic E-state index is -0.666. The number of halogens is 1. The van der Waals surface area contributed by atoms with Crippen molar-refractivity contribution in [2.75, 3.05) is 5.32 Å². The van der Waals surface area contributed by atoms with Gasteiger partial charge in [-0.25, -0.2) is 0 Å². The largest absolute Gasteiger partial charge is 0.325 e. The summed E-state index contributed by atoms with van der Waals surface area (Å²) in [7, 11) is 0. The predicted octanol–water partition coefficient (Wildman–Crippen LogP) is 1.17. The van der Waals surface area contributed by atoms with E-state index in [1.54, 1.807) is 25.1 Å². The highest BCUT2D eigenvalue weighted by Crippen LogP contribution is 2.32. The third-order valence-electron chi connectivity index (χ3n) is 4.20. The van der Waals surface area contributed by atoms with Crippen molar-refractivity contribution in [3.05, 3.63) is 29.3 Å². The lowest BCUT2D eigenvalue weighted by Crippen LogP contribution is -2.52. The highest BCUT2D eigenvalue weighted by atomic mass is 79.9. The molecule has 24 heavy (non-hydrogen) atoms. The summed E-state index contributed by atoms with van der Waals surface area (Å²) in [5.74, 6) is -1.25. The zero-order chi connectivity index (χ0) is 17.4. The van der Waals surface area contributed by atoms with Crippen LogP contribution in [0.5, 0.6) is 0 Å². The van der Waals surface area contributed by atoms with Gasteiger partial charge in [0.25, 0.3) is 5.91 Å². The van der Waals surface area contributed by atoms with Gasteiger partial charge in [0.1, 0.15) is 6.04 Å². The molecule has 4 amide bonds. The molecule has 0 bridgehead atoms. The monoisotopic (exact) mass is 393 g/mol. The molecule has 2 aliphatic heterocycles. The van der Waals surface area contributed by atoms with Crippen LogP contribution in [0.25, 0.3) is 0 Å². The summed E-state index contributed by atoms with van der Waals surface area (Å²) < 4.78 is 0. The Morgan fingerprint density at radius 3 is 2.79 bits per heavy atom. The van der Waals surface area contributed by atoms with E-state index in [0.717, 1.165) is 0 Å². The van der Waals surface area contributed by atoms with Crippen molar-refractivity contribution in [1.82, 2.24) is 10.2 Å². The minimum absolute atomic E-state index is 0.210. The van der Waals surface area contributed by atoms with Crippen LogP contribution in [-0.2, 0) is 20.9 Å². The van der Waals surface area contributed by atoms with Crippen LogP contribution >= 0.6 is 15.9 Å². The molecule has 2 heterocycles. The van der Waals surface area contributed by atoms with Crippen LogP contribution in [0.2, 0.25) is 0 Å². The normalized spacial score (nSPS) is 21.3. The third kappa shape index (κ3) is 2.93. The average molecular weight is 394 g/mol. The molecule has 126 valence electrons. The fraction of sp³-hybridized carbons (Fsp3) is 0.375. The number of rotatable bonds is 3. The fourth-order valence-corrected chi connectivity index (χ4v) is 3.05. The van der Waals surface area contributed by atoms with Gasteiger partial charge in [0.05, 0.1) is 4.83 Å². The first-order valence-electron chi connectivity index (χ1n) is 7.60. The maximum atomic E-state index is 12.6. The number of carbonyl (C=O) groups excluding carboxylic acids is 4. The highest BCUT2D eigenvalue weighted by Gasteiger charge is 2.39. The van der Waals surface area contributed by atoms with Gasteiger partial charge in [0.2, 0.25) is 17.7 Å². The van der Waals surface area contributed by atoms with Gasteiger partial charge < -0.3 is 10.2 Å². The van der Waals surface area contributed by atoms with Crippen molar-refractivity contribution < 1.29 is 19.2 Å². The van der Waals surface area contributed by atoms with E-state index in [-0.39, 0.29) is 35.5 Å². The molecule has 1 saturated heterocycles. The number of alkyl halides is 1. The van der Waals surface area contributed by atoms with E-state index in [1.165, 1.54) is 4.90 Å². The first-order chi connectivity index (χ1) is 11.4. The number of nitrogens with one attached hydrogen (secondary N) is 2. The summed E-state index contributed by atoms with van der Waals surface area (Å²) in [5, 5.41) is 5.05. The summed E-state index contributed by atoms with van der Waals surface area (Å²) in [4.78, 5) is 49.0. The van der Waals surface area contributed by atoms with Crippen molar-refractivity contribution in [3.63, 3.8) is 0 Å². The number of nitrogens with zero attached hydrogens (tertiary/aromatic N) is 1. The molecule has 1 aromatic carbocycles. The van der Waals surface area contributed by atoms with Crippen molar-refractivity contribution in [3.8, 4) is 0 Å². The fourth-order valence-electron chi connectivity index (χ4n) is 2.93. The van der Waals surface area contributed by atoms with E-state index in [1.807, 2.05) is 0 Å². The van der Waals surface area contributed by atoms with Crippen molar-refractivity contribution >= 4 is 45.2 Å². The molecule has 3 rings (SSSR count). The van der Waals surface area contributed by atoms with Gasteiger partial charge in [-0.2, -0.15) is 0 Å². The molecule has 8 heteroatoms. The molecule has 7 nitrogen and oxygen atoms in total. The van der Waals surface area contributed by atoms with Gasteiger partial charge in [-0.15, -0.1) is 0 Å². The highest BCUT2D eigenvalue weighted by molar-refractivity contribution is 9.10.